The Morgan fingerprint density at radius 3 is 2.84 bits per heavy atom. The highest BCUT2D eigenvalue weighted by molar-refractivity contribution is 7.15. The van der Waals surface area contributed by atoms with Gasteiger partial charge in [-0.15, -0.1) is 11.3 Å². The molecule has 0 aromatic carbocycles. The van der Waals surface area contributed by atoms with Crippen molar-refractivity contribution in [1.82, 2.24) is 4.90 Å². The van der Waals surface area contributed by atoms with E-state index in [1.165, 1.54) is 6.07 Å². The number of amides is 1. The first-order valence-electron chi connectivity index (χ1n) is 6.32. The second-order valence-corrected chi connectivity index (χ2v) is 5.62. The smallest absolute Gasteiger partial charge is 0.345 e. The van der Waals surface area contributed by atoms with Gasteiger partial charge in [-0.05, 0) is 25.5 Å². The van der Waals surface area contributed by atoms with E-state index in [0.717, 1.165) is 24.3 Å². The van der Waals surface area contributed by atoms with Crippen LogP contribution in [0.2, 0.25) is 0 Å². The summed E-state index contributed by atoms with van der Waals surface area (Å²) in [4.78, 5) is 25.5. The molecule has 0 spiro atoms. The fourth-order valence-electron chi connectivity index (χ4n) is 2.16. The lowest BCUT2D eigenvalue weighted by Gasteiger charge is -2.15. The van der Waals surface area contributed by atoms with Crippen LogP contribution in [0.25, 0.3) is 0 Å². The number of likely N-dealkylation sites (tertiary alicyclic amines) is 1. The average Bonchev–Trinajstić information content (AvgIpc) is 3.04. The van der Waals surface area contributed by atoms with Gasteiger partial charge in [-0.1, -0.05) is 0 Å². The van der Waals surface area contributed by atoms with Gasteiger partial charge in [0.1, 0.15) is 4.88 Å². The first-order chi connectivity index (χ1) is 9.11. The number of rotatable bonds is 5. The Hall–Kier alpha value is -1.40. The molecule has 0 bridgehead atoms. The van der Waals surface area contributed by atoms with Gasteiger partial charge in [0.25, 0.3) is 5.91 Å². The molecule has 5 nitrogen and oxygen atoms in total. The van der Waals surface area contributed by atoms with E-state index in [2.05, 4.69) is 0 Å². The maximum Gasteiger partial charge on any atom is 0.345 e. The Kier molecular flexibility index (Phi) is 4.55. The van der Waals surface area contributed by atoms with E-state index in [-0.39, 0.29) is 10.8 Å². The SMILES string of the molecule is CCOC[C@@H]1CCN(C(=O)c2ccc(C(=O)O)s2)C1. The van der Waals surface area contributed by atoms with Gasteiger partial charge in [-0.25, -0.2) is 4.79 Å². The van der Waals surface area contributed by atoms with Crippen molar-refractivity contribution in [2.24, 2.45) is 5.92 Å². The highest BCUT2D eigenvalue weighted by atomic mass is 32.1. The Morgan fingerprint density at radius 1 is 1.47 bits per heavy atom. The Bertz CT molecular complexity index is 471. The van der Waals surface area contributed by atoms with Gasteiger partial charge in [-0.2, -0.15) is 0 Å². The molecule has 19 heavy (non-hydrogen) atoms. The molecule has 2 rings (SSSR count). The van der Waals surface area contributed by atoms with Gasteiger partial charge in [0, 0.05) is 25.6 Å². The van der Waals surface area contributed by atoms with Gasteiger partial charge in [-0.3, -0.25) is 4.79 Å². The monoisotopic (exact) mass is 283 g/mol. The number of thiophene rings is 1. The number of nitrogens with zero attached hydrogens (tertiary/aromatic N) is 1. The Morgan fingerprint density at radius 2 is 2.21 bits per heavy atom. The number of carbonyl (C=O) groups is 2. The third-order valence-corrected chi connectivity index (χ3v) is 4.22. The lowest BCUT2D eigenvalue weighted by Crippen LogP contribution is -2.28. The summed E-state index contributed by atoms with van der Waals surface area (Å²) in [5.74, 6) is -0.668. The molecule has 0 saturated carbocycles. The van der Waals surface area contributed by atoms with Crippen molar-refractivity contribution < 1.29 is 19.4 Å². The van der Waals surface area contributed by atoms with Crippen LogP contribution in [0.15, 0.2) is 12.1 Å². The van der Waals surface area contributed by atoms with E-state index in [4.69, 9.17) is 9.84 Å². The van der Waals surface area contributed by atoms with Gasteiger partial charge in [0.15, 0.2) is 0 Å². The van der Waals surface area contributed by atoms with E-state index < -0.39 is 5.97 Å². The van der Waals surface area contributed by atoms with Crippen LogP contribution in [0.4, 0.5) is 0 Å². The summed E-state index contributed by atoms with van der Waals surface area (Å²) in [5.41, 5.74) is 0. The van der Waals surface area contributed by atoms with Gasteiger partial charge >= 0.3 is 5.97 Å². The number of hydrogen-bond acceptors (Lipinski definition) is 4. The molecule has 1 N–H and O–H groups in total. The molecule has 6 heteroatoms. The predicted octanol–water partition coefficient (Wildman–Crippen LogP) is 1.94. The van der Waals surface area contributed by atoms with Crippen LogP contribution in [0, 0.1) is 5.92 Å². The number of carbonyl (C=O) groups excluding carboxylic acids is 1. The predicted molar refractivity (Wildman–Crippen MR) is 71.8 cm³/mol. The minimum absolute atomic E-state index is 0.0727. The summed E-state index contributed by atoms with van der Waals surface area (Å²) < 4.78 is 5.37. The van der Waals surface area contributed by atoms with Crippen molar-refractivity contribution in [1.29, 1.82) is 0 Å². The molecule has 0 aliphatic carbocycles. The summed E-state index contributed by atoms with van der Waals surface area (Å²) in [6.45, 7) is 4.75. The van der Waals surface area contributed by atoms with Crippen LogP contribution in [0.5, 0.6) is 0 Å². The molecule has 1 atom stereocenters. The highest BCUT2D eigenvalue weighted by Crippen LogP contribution is 2.23. The molecule has 0 radical (unpaired) electrons. The van der Waals surface area contributed by atoms with E-state index in [9.17, 15) is 9.59 Å². The molecular formula is C13H17NO4S. The van der Waals surface area contributed by atoms with Crippen molar-refractivity contribution in [2.45, 2.75) is 13.3 Å². The minimum Gasteiger partial charge on any atom is -0.477 e. The number of carboxylic acid groups (broad SMARTS) is 1. The number of aromatic carboxylic acids is 1. The fraction of sp³-hybridized carbons (Fsp3) is 0.538. The van der Waals surface area contributed by atoms with Gasteiger partial charge in [0.2, 0.25) is 0 Å². The summed E-state index contributed by atoms with van der Waals surface area (Å²) in [6.07, 6.45) is 0.947. The maximum atomic E-state index is 12.2. The van der Waals surface area contributed by atoms with Crippen LogP contribution in [-0.4, -0.2) is 48.2 Å². The maximum absolute atomic E-state index is 12.2. The molecule has 1 aromatic heterocycles. The summed E-state index contributed by atoms with van der Waals surface area (Å²) in [6, 6.07) is 3.07. The van der Waals surface area contributed by atoms with E-state index in [1.54, 1.807) is 11.0 Å². The molecule has 2 heterocycles. The minimum atomic E-state index is -0.986. The summed E-state index contributed by atoms with van der Waals surface area (Å²) in [7, 11) is 0. The van der Waals surface area contributed by atoms with Gasteiger partial charge < -0.3 is 14.7 Å². The van der Waals surface area contributed by atoms with Crippen molar-refractivity contribution >= 4 is 23.2 Å². The molecular weight excluding hydrogens is 266 g/mol. The zero-order valence-corrected chi connectivity index (χ0v) is 11.6. The normalized spacial score (nSPS) is 18.8. The number of carboxylic acids is 1. The van der Waals surface area contributed by atoms with E-state index in [0.29, 0.717) is 30.6 Å². The lowest BCUT2D eigenvalue weighted by molar-refractivity contribution is 0.0701. The largest absolute Gasteiger partial charge is 0.477 e. The molecule has 1 amide bonds. The van der Waals surface area contributed by atoms with Crippen LogP contribution >= 0.6 is 11.3 Å². The second kappa shape index (κ2) is 6.16. The van der Waals surface area contributed by atoms with Crippen molar-refractivity contribution in [3.05, 3.63) is 21.9 Å². The third-order valence-electron chi connectivity index (χ3n) is 3.16. The molecule has 104 valence electrons. The van der Waals surface area contributed by atoms with Crippen LogP contribution in [-0.2, 0) is 4.74 Å². The molecule has 0 unspecified atom stereocenters. The third kappa shape index (κ3) is 3.33. The number of ether oxygens (including phenoxy) is 1. The topological polar surface area (TPSA) is 66.8 Å². The average molecular weight is 283 g/mol. The molecule has 1 saturated heterocycles. The summed E-state index contributed by atoms with van der Waals surface area (Å²) in [5, 5.41) is 8.85. The first kappa shape index (κ1) is 14.0. The van der Waals surface area contributed by atoms with Crippen molar-refractivity contribution in [2.75, 3.05) is 26.3 Å². The zero-order valence-electron chi connectivity index (χ0n) is 10.8. The van der Waals surface area contributed by atoms with E-state index in [1.807, 2.05) is 6.92 Å². The lowest BCUT2D eigenvalue weighted by atomic mass is 10.1. The quantitative estimate of drug-likeness (QED) is 0.897. The Balaban J connectivity index is 1.95. The first-order valence-corrected chi connectivity index (χ1v) is 7.13. The standard InChI is InChI=1S/C13H17NO4S/c1-2-18-8-9-5-6-14(7-9)12(15)10-3-4-11(19-10)13(16)17/h3-4,9H,2,5-8H2,1H3,(H,16,17)/t9-/m1/s1. The molecule has 1 fully saturated rings. The Labute approximate surface area is 115 Å². The second-order valence-electron chi connectivity index (χ2n) is 4.53. The zero-order chi connectivity index (χ0) is 13.8. The van der Waals surface area contributed by atoms with Crippen LogP contribution < -0.4 is 0 Å². The fourth-order valence-corrected chi connectivity index (χ4v) is 2.97. The highest BCUT2D eigenvalue weighted by Gasteiger charge is 2.28. The number of hydrogen-bond donors (Lipinski definition) is 1. The van der Waals surface area contributed by atoms with Crippen molar-refractivity contribution in [3.63, 3.8) is 0 Å². The molecule has 1 aliphatic rings. The van der Waals surface area contributed by atoms with Crippen LogP contribution in [0.1, 0.15) is 32.7 Å². The van der Waals surface area contributed by atoms with E-state index >= 15 is 0 Å². The van der Waals surface area contributed by atoms with Gasteiger partial charge in [0.05, 0.1) is 11.5 Å². The molecule has 1 aliphatic heterocycles. The van der Waals surface area contributed by atoms with Crippen LogP contribution in [0.3, 0.4) is 0 Å². The molecule has 1 aromatic rings. The van der Waals surface area contributed by atoms with Crippen molar-refractivity contribution in [3.8, 4) is 0 Å². The summed E-state index contributed by atoms with van der Waals surface area (Å²) >= 11 is 1.03.